The number of nitrogens with one attached hydrogen (secondary N) is 2. The first-order valence-corrected chi connectivity index (χ1v) is 8.63. The van der Waals surface area contributed by atoms with Crippen LogP contribution < -0.4 is 10.0 Å². The van der Waals surface area contributed by atoms with E-state index in [1.807, 2.05) is 0 Å². The van der Waals surface area contributed by atoms with Gasteiger partial charge in [0.15, 0.2) is 0 Å². The molecule has 2 rings (SSSR count). The molecular formula is C13H20ClN3O2S. The van der Waals surface area contributed by atoms with Gasteiger partial charge in [-0.05, 0) is 24.3 Å². The zero-order valence-corrected chi connectivity index (χ0v) is 13.3. The highest BCUT2D eigenvalue weighted by atomic mass is 35.5. The minimum absolute atomic E-state index is 0.104. The van der Waals surface area contributed by atoms with E-state index in [1.54, 1.807) is 7.05 Å². The fourth-order valence-corrected chi connectivity index (χ4v) is 3.97. The molecule has 0 amide bonds. The summed E-state index contributed by atoms with van der Waals surface area (Å²) in [6, 6.07) is 1.42. The summed E-state index contributed by atoms with van der Waals surface area (Å²) in [5.74, 6) is 1.46. The van der Waals surface area contributed by atoms with Gasteiger partial charge in [-0.2, -0.15) is 0 Å². The molecule has 0 spiro atoms. The van der Waals surface area contributed by atoms with Gasteiger partial charge in [0.25, 0.3) is 0 Å². The van der Waals surface area contributed by atoms with Crippen molar-refractivity contribution in [3.8, 4) is 0 Å². The first kappa shape index (κ1) is 15.5. The molecule has 1 aliphatic carbocycles. The van der Waals surface area contributed by atoms with Gasteiger partial charge in [-0.15, -0.1) is 0 Å². The molecule has 1 fully saturated rings. The van der Waals surface area contributed by atoms with Crippen LogP contribution in [0.15, 0.2) is 17.2 Å². The lowest BCUT2D eigenvalue weighted by Crippen LogP contribution is -2.30. The minimum Gasteiger partial charge on any atom is -0.372 e. The number of anilines is 1. The van der Waals surface area contributed by atoms with Crippen LogP contribution in [0.2, 0.25) is 5.02 Å². The molecule has 0 bridgehead atoms. The van der Waals surface area contributed by atoms with Crippen LogP contribution in [0.25, 0.3) is 0 Å². The van der Waals surface area contributed by atoms with Crippen LogP contribution in [0.3, 0.4) is 0 Å². The van der Waals surface area contributed by atoms with E-state index in [2.05, 4.69) is 21.9 Å². The lowest BCUT2D eigenvalue weighted by Gasteiger charge is -2.16. The standard InChI is InChI=1S/C13H20ClN3O2S/c1-9-4-3-5-10(9)7-17-20(18,19)11-6-12(14)13(15-2)16-8-11/h6,8-10,17H,3-5,7H2,1-2H3,(H,15,16). The van der Waals surface area contributed by atoms with E-state index in [0.717, 1.165) is 6.42 Å². The molecule has 1 aromatic heterocycles. The number of hydrogen-bond acceptors (Lipinski definition) is 4. The average Bonchev–Trinajstić information content (AvgIpc) is 2.82. The molecule has 2 N–H and O–H groups in total. The van der Waals surface area contributed by atoms with Gasteiger partial charge in [0, 0.05) is 19.8 Å². The Morgan fingerprint density at radius 2 is 2.20 bits per heavy atom. The summed E-state index contributed by atoms with van der Waals surface area (Å²) in [6.07, 6.45) is 4.76. The number of rotatable bonds is 5. The summed E-state index contributed by atoms with van der Waals surface area (Å²) in [6.45, 7) is 2.65. The van der Waals surface area contributed by atoms with Gasteiger partial charge in [-0.1, -0.05) is 31.4 Å². The predicted molar refractivity (Wildman–Crippen MR) is 80.5 cm³/mol. The SMILES string of the molecule is CNc1ncc(S(=O)(=O)NCC2CCCC2C)cc1Cl. The second-order valence-corrected chi connectivity index (χ2v) is 7.45. The number of pyridine rings is 1. The van der Waals surface area contributed by atoms with Crippen molar-refractivity contribution in [3.63, 3.8) is 0 Å². The molecule has 1 aromatic rings. The van der Waals surface area contributed by atoms with Gasteiger partial charge in [0.1, 0.15) is 10.7 Å². The topological polar surface area (TPSA) is 71.1 Å². The summed E-state index contributed by atoms with van der Waals surface area (Å²) >= 11 is 5.97. The lowest BCUT2D eigenvalue weighted by atomic mass is 9.99. The van der Waals surface area contributed by atoms with Crippen molar-refractivity contribution < 1.29 is 8.42 Å². The van der Waals surface area contributed by atoms with E-state index in [4.69, 9.17) is 11.6 Å². The Bertz CT molecular complexity index is 577. The van der Waals surface area contributed by atoms with Crippen LogP contribution in [0, 0.1) is 11.8 Å². The smallest absolute Gasteiger partial charge is 0.242 e. The van der Waals surface area contributed by atoms with Crippen molar-refractivity contribution in [2.45, 2.75) is 31.1 Å². The van der Waals surface area contributed by atoms with Gasteiger partial charge < -0.3 is 5.32 Å². The van der Waals surface area contributed by atoms with Crippen LogP contribution in [0.4, 0.5) is 5.82 Å². The maximum atomic E-state index is 12.2. The summed E-state index contributed by atoms with van der Waals surface area (Å²) < 4.78 is 27.1. The minimum atomic E-state index is -3.54. The van der Waals surface area contributed by atoms with E-state index in [1.165, 1.54) is 25.1 Å². The second kappa shape index (κ2) is 6.28. The molecule has 0 radical (unpaired) electrons. The molecule has 0 saturated heterocycles. The highest BCUT2D eigenvalue weighted by Gasteiger charge is 2.25. The monoisotopic (exact) mass is 317 g/mol. The molecule has 7 heteroatoms. The summed E-state index contributed by atoms with van der Waals surface area (Å²) in [4.78, 5) is 4.10. The normalized spacial score (nSPS) is 22.9. The zero-order chi connectivity index (χ0) is 14.8. The van der Waals surface area contributed by atoms with Crippen LogP contribution in [0.1, 0.15) is 26.2 Å². The molecule has 1 aliphatic rings. The molecule has 0 aromatic carbocycles. The molecule has 112 valence electrons. The number of nitrogens with zero attached hydrogens (tertiary/aromatic N) is 1. The Morgan fingerprint density at radius 3 is 2.75 bits per heavy atom. The van der Waals surface area contributed by atoms with E-state index >= 15 is 0 Å². The Labute approximate surface area is 125 Å². The Kier molecular flexibility index (Phi) is 4.88. The highest BCUT2D eigenvalue weighted by molar-refractivity contribution is 7.89. The Balaban J connectivity index is 2.08. The molecular weight excluding hydrogens is 298 g/mol. The van der Waals surface area contributed by atoms with Crippen LogP contribution in [-0.2, 0) is 10.0 Å². The van der Waals surface area contributed by atoms with Gasteiger partial charge in [0.2, 0.25) is 10.0 Å². The van der Waals surface area contributed by atoms with E-state index in [-0.39, 0.29) is 4.90 Å². The third-order valence-corrected chi connectivity index (χ3v) is 5.62. The molecule has 2 atom stereocenters. The fraction of sp³-hybridized carbons (Fsp3) is 0.615. The van der Waals surface area contributed by atoms with Crippen molar-refractivity contribution in [1.82, 2.24) is 9.71 Å². The predicted octanol–water partition coefficient (Wildman–Crippen LogP) is 2.49. The van der Waals surface area contributed by atoms with Gasteiger partial charge >= 0.3 is 0 Å². The summed E-state index contributed by atoms with van der Waals surface area (Å²) in [7, 11) is -1.86. The Hall–Kier alpha value is -0.850. The fourth-order valence-electron chi connectivity index (χ4n) is 2.58. The van der Waals surface area contributed by atoms with E-state index < -0.39 is 10.0 Å². The van der Waals surface area contributed by atoms with Crippen LogP contribution in [0.5, 0.6) is 0 Å². The Morgan fingerprint density at radius 1 is 1.45 bits per heavy atom. The third-order valence-electron chi connectivity index (χ3n) is 3.94. The highest BCUT2D eigenvalue weighted by Crippen LogP contribution is 2.31. The largest absolute Gasteiger partial charge is 0.372 e. The lowest BCUT2D eigenvalue weighted by molar-refractivity contribution is 0.414. The van der Waals surface area contributed by atoms with E-state index in [9.17, 15) is 8.42 Å². The third kappa shape index (κ3) is 3.42. The van der Waals surface area contributed by atoms with Crippen molar-refractivity contribution in [2.24, 2.45) is 11.8 Å². The number of hydrogen-bond donors (Lipinski definition) is 2. The number of halogens is 1. The summed E-state index contributed by atoms with van der Waals surface area (Å²) in [5, 5.41) is 3.09. The molecule has 1 heterocycles. The molecule has 20 heavy (non-hydrogen) atoms. The first-order valence-electron chi connectivity index (χ1n) is 6.77. The quantitative estimate of drug-likeness (QED) is 0.875. The maximum absolute atomic E-state index is 12.2. The number of aromatic nitrogens is 1. The number of sulfonamides is 1. The average molecular weight is 318 g/mol. The first-order chi connectivity index (χ1) is 9.44. The maximum Gasteiger partial charge on any atom is 0.242 e. The van der Waals surface area contributed by atoms with Crippen LogP contribution in [-0.4, -0.2) is 27.0 Å². The van der Waals surface area contributed by atoms with Crippen molar-refractivity contribution >= 4 is 27.4 Å². The molecule has 0 aliphatic heterocycles. The van der Waals surface area contributed by atoms with Crippen molar-refractivity contribution in [2.75, 3.05) is 18.9 Å². The van der Waals surface area contributed by atoms with Crippen molar-refractivity contribution in [1.29, 1.82) is 0 Å². The van der Waals surface area contributed by atoms with E-state index in [0.29, 0.717) is 29.2 Å². The van der Waals surface area contributed by atoms with Crippen molar-refractivity contribution in [3.05, 3.63) is 17.3 Å². The molecule has 2 unspecified atom stereocenters. The molecule has 1 saturated carbocycles. The van der Waals surface area contributed by atoms with Gasteiger partial charge in [-0.25, -0.2) is 18.1 Å². The van der Waals surface area contributed by atoms with Crippen LogP contribution >= 0.6 is 11.6 Å². The molecule has 5 nitrogen and oxygen atoms in total. The van der Waals surface area contributed by atoms with Gasteiger partial charge in [0.05, 0.1) is 5.02 Å². The second-order valence-electron chi connectivity index (χ2n) is 5.27. The summed E-state index contributed by atoms with van der Waals surface area (Å²) in [5.41, 5.74) is 0. The zero-order valence-electron chi connectivity index (χ0n) is 11.7. The van der Waals surface area contributed by atoms with Gasteiger partial charge in [-0.3, -0.25) is 0 Å².